The quantitative estimate of drug-likeness (QED) is 0.702. The number of carbonyl (C=O) groups excluding carboxylic acids is 2. The Morgan fingerprint density at radius 3 is 2.53 bits per heavy atom. The van der Waals surface area contributed by atoms with Crippen LogP contribution in [-0.4, -0.2) is 55.1 Å². The second-order valence-corrected chi connectivity index (χ2v) is 4.26. The molecule has 0 unspecified atom stereocenters. The van der Waals surface area contributed by atoms with Gasteiger partial charge in [0.05, 0.1) is 13.0 Å². The Labute approximate surface area is 103 Å². The lowest BCUT2D eigenvalue weighted by molar-refractivity contribution is -0.146. The summed E-state index contributed by atoms with van der Waals surface area (Å²) in [6, 6.07) is 0.0311. The molecule has 1 atom stereocenters. The molecule has 98 valence electrons. The molecule has 0 bridgehead atoms. The largest absolute Gasteiger partial charge is 0.469 e. The van der Waals surface area contributed by atoms with E-state index in [-0.39, 0.29) is 17.9 Å². The van der Waals surface area contributed by atoms with E-state index in [1.165, 1.54) is 7.11 Å². The molecule has 5 nitrogen and oxygen atoms in total. The molecule has 1 heterocycles. The molecular formula is C12H22N2O3. The maximum absolute atomic E-state index is 12.1. The number of nitrogens with zero attached hydrogens (tertiary/aromatic N) is 2. The first-order valence-electron chi connectivity index (χ1n) is 6.25. The predicted molar refractivity (Wildman–Crippen MR) is 64.6 cm³/mol. The molecule has 1 fully saturated rings. The van der Waals surface area contributed by atoms with Crippen molar-refractivity contribution in [2.75, 3.05) is 33.3 Å². The summed E-state index contributed by atoms with van der Waals surface area (Å²) in [7, 11) is 1.40. The van der Waals surface area contributed by atoms with E-state index in [1.54, 1.807) is 9.80 Å². The van der Waals surface area contributed by atoms with Gasteiger partial charge in [-0.2, -0.15) is 0 Å². The van der Waals surface area contributed by atoms with Crippen molar-refractivity contribution >= 4 is 12.0 Å². The number of esters is 1. The van der Waals surface area contributed by atoms with Gasteiger partial charge in [-0.3, -0.25) is 4.79 Å². The maximum Gasteiger partial charge on any atom is 0.320 e. The molecule has 0 aromatic rings. The average molecular weight is 242 g/mol. The molecule has 17 heavy (non-hydrogen) atoms. The fraction of sp³-hybridized carbons (Fsp3) is 0.833. The van der Waals surface area contributed by atoms with E-state index >= 15 is 0 Å². The number of hydrogen-bond donors (Lipinski definition) is 0. The van der Waals surface area contributed by atoms with Crippen molar-refractivity contribution in [2.24, 2.45) is 5.92 Å². The number of piperidine rings is 1. The summed E-state index contributed by atoms with van der Waals surface area (Å²) in [6.07, 6.45) is 1.68. The van der Waals surface area contributed by atoms with Crippen LogP contribution in [0.1, 0.15) is 26.7 Å². The van der Waals surface area contributed by atoms with Crippen molar-refractivity contribution in [1.29, 1.82) is 0 Å². The Bertz CT molecular complexity index is 277. The number of carbonyl (C=O) groups is 2. The number of hydrogen-bond acceptors (Lipinski definition) is 3. The molecule has 1 aliphatic rings. The Kier molecular flexibility index (Phi) is 5.25. The smallest absolute Gasteiger partial charge is 0.320 e. The van der Waals surface area contributed by atoms with Crippen LogP contribution in [0.4, 0.5) is 4.79 Å². The highest BCUT2D eigenvalue weighted by atomic mass is 16.5. The summed E-state index contributed by atoms with van der Waals surface area (Å²) in [6.45, 7) is 6.56. The van der Waals surface area contributed by atoms with Gasteiger partial charge in [-0.1, -0.05) is 0 Å². The minimum atomic E-state index is -0.206. The molecule has 1 saturated heterocycles. The number of urea groups is 1. The van der Waals surface area contributed by atoms with E-state index in [0.717, 1.165) is 19.4 Å². The SMILES string of the molecule is CCN(CC)C(=O)N1CCC[C@H](C(=O)OC)C1. The zero-order chi connectivity index (χ0) is 12.8. The van der Waals surface area contributed by atoms with E-state index < -0.39 is 0 Å². The van der Waals surface area contributed by atoms with Crippen molar-refractivity contribution in [3.8, 4) is 0 Å². The first kappa shape index (κ1) is 13.8. The summed E-state index contributed by atoms with van der Waals surface area (Å²) in [5, 5.41) is 0. The van der Waals surface area contributed by atoms with Crippen LogP contribution in [0.3, 0.4) is 0 Å². The molecule has 0 aromatic carbocycles. The molecule has 1 rings (SSSR count). The second-order valence-electron chi connectivity index (χ2n) is 4.26. The van der Waals surface area contributed by atoms with Gasteiger partial charge in [0.25, 0.3) is 0 Å². The molecular weight excluding hydrogens is 220 g/mol. The Hall–Kier alpha value is -1.26. The highest BCUT2D eigenvalue weighted by Crippen LogP contribution is 2.18. The molecule has 5 heteroatoms. The number of amides is 2. The fourth-order valence-electron chi connectivity index (χ4n) is 2.20. The number of likely N-dealkylation sites (tertiary alicyclic amines) is 1. The van der Waals surface area contributed by atoms with Crippen LogP contribution in [0.5, 0.6) is 0 Å². The number of rotatable bonds is 3. The van der Waals surface area contributed by atoms with Crippen LogP contribution >= 0.6 is 0 Å². The van der Waals surface area contributed by atoms with Crippen LogP contribution < -0.4 is 0 Å². The van der Waals surface area contributed by atoms with Crippen molar-refractivity contribution in [3.05, 3.63) is 0 Å². The van der Waals surface area contributed by atoms with Crippen LogP contribution in [0.15, 0.2) is 0 Å². The van der Waals surface area contributed by atoms with E-state index in [4.69, 9.17) is 4.74 Å². The third-order valence-corrected chi connectivity index (χ3v) is 3.26. The fourth-order valence-corrected chi connectivity index (χ4v) is 2.20. The third-order valence-electron chi connectivity index (χ3n) is 3.26. The van der Waals surface area contributed by atoms with Gasteiger partial charge in [0.2, 0.25) is 0 Å². The monoisotopic (exact) mass is 242 g/mol. The lowest BCUT2D eigenvalue weighted by Crippen LogP contribution is -2.48. The van der Waals surface area contributed by atoms with Gasteiger partial charge in [-0.15, -0.1) is 0 Å². The van der Waals surface area contributed by atoms with E-state index in [2.05, 4.69) is 0 Å². The molecule has 0 aliphatic carbocycles. The van der Waals surface area contributed by atoms with Gasteiger partial charge in [0.1, 0.15) is 0 Å². The van der Waals surface area contributed by atoms with E-state index in [0.29, 0.717) is 19.6 Å². The second kappa shape index (κ2) is 6.47. The van der Waals surface area contributed by atoms with Crippen molar-refractivity contribution in [1.82, 2.24) is 9.80 Å². The minimum absolute atomic E-state index is 0.0311. The summed E-state index contributed by atoms with van der Waals surface area (Å²) in [5.74, 6) is -0.365. The van der Waals surface area contributed by atoms with Crippen LogP contribution in [0.25, 0.3) is 0 Å². The molecule has 0 N–H and O–H groups in total. The highest BCUT2D eigenvalue weighted by Gasteiger charge is 2.30. The van der Waals surface area contributed by atoms with Crippen molar-refractivity contribution in [2.45, 2.75) is 26.7 Å². The summed E-state index contributed by atoms with van der Waals surface area (Å²) in [5.41, 5.74) is 0. The molecule has 2 amide bonds. The Morgan fingerprint density at radius 1 is 1.35 bits per heavy atom. The van der Waals surface area contributed by atoms with Crippen molar-refractivity contribution in [3.63, 3.8) is 0 Å². The van der Waals surface area contributed by atoms with Gasteiger partial charge >= 0.3 is 12.0 Å². The lowest BCUT2D eigenvalue weighted by atomic mass is 9.98. The lowest BCUT2D eigenvalue weighted by Gasteiger charge is -2.34. The molecule has 1 aliphatic heterocycles. The average Bonchev–Trinajstić information content (AvgIpc) is 2.39. The van der Waals surface area contributed by atoms with Crippen LogP contribution in [0, 0.1) is 5.92 Å². The van der Waals surface area contributed by atoms with Gasteiger partial charge < -0.3 is 14.5 Å². The summed E-state index contributed by atoms with van der Waals surface area (Å²) >= 11 is 0. The first-order valence-corrected chi connectivity index (χ1v) is 6.25. The van der Waals surface area contributed by atoms with Gasteiger partial charge in [0.15, 0.2) is 0 Å². The predicted octanol–water partition coefficient (Wildman–Crippen LogP) is 1.33. The van der Waals surface area contributed by atoms with E-state index in [1.807, 2.05) is 13.8 Å². The van der Waals surface area contributed by atoms with E-state index in [9.17, 15) is 9.59 Å². The minimum Gasteiger partial charge on any atom is -0.469 e. The standard InChI is InChI=1S/C12H22N2O3/c1-4-13(5-2)12(16)14-8-6-7-10(9-14)11(15)17-3/h10H,4-9H2,1-3H3/t10-/m0/s1. The van der Waals surface area contributed by atoms with Crippen molar-refractivity contribution < 1.29 is 14.3 Å². The zero-order valence-electron chi connectivity index (χ0n) is 10.9. The normalized spacial score (nSPS) is 19.9. The Morgan fingerprint density at radius 2 is 2.00 bits per heavy atom. The number of ether oxygens (including phenoxy) is 1. The third kappa shape index (κ3) is 3.35. The highest BCUT2D eigenvalue weighted by molar-refractivity contribution is 5.77. The molecule has 0 spiro atoms. The van der Waals surface area contributed by atoms with Gasteiger partial charge in [-0.05, 0) is 26.7 Å². The topological polar surface area (TPSA) is 49.9 Å². The van der Waals surface area contributed by atoms with Gasteiger partial charge in [-0.25, -0.2) is 4.79 Å². The van der Waals surface area contributed by atoms with Crippen LogP contribution in [-0.2, 0) is 9.53 Å². The molecule has 0 radical (unpaired) electrons. The summed E-state index contributed by atoms with van der Waals surface area (Å²) in [4.78, 5) is 27.1. The molecule has 0 aromatic heterocycles. The molecule has 0 saturated carbocycles. The van der Waals surface area contributed by atoms with Gasteiger partial charge in [0, 0.05) is 26.2 Å². The Balaban J connectivity index is 2.60. The maximum atomic E-state index is 12.1. The van der Waals surface area contributed by atoms with Crippen LogP contribution in [0.2, 0.25) is 0 Å². The zero-order valence-corrected chi connectivity index (χ0v) is 10.9. The first-order chi connectivity index (χ1) is 8.13. The summed E-state index contributed by atoms with van der Waals surface area (Å²) < 4.78 is 4.74. The number of methoxy groups -OCH3 is 1.